The molecule has 0 radical (unpaired) electrons. The molecule has 3 N–H and O–H groups in total. The van der Waals surface area contributed by atoms with Gasteiger partial charge in [0.2, 0.25) is 0 Å². The van der Waals surface area contributed by atoms with Crippen molar-refractivity contribution in [2.75, 3.05) is 11.9 Å². The van der Waals surface area contributed by atoms with Crippen LogP contribution in [0.2, 0.25) is 0 Å². The Labute approximate surface area is 107 Å². The fraction of sp³-hybridized carbons (Fsp3) is 0.417. The van der Waals surface area contributed by atoms with Crippen molar-refractivity contribution < 1.29 is 22.7 Å². The third-order valence-corrected chi connectivity index (χ3v) is 3.01. The van der Waals surface area contributed by atoms with Gasteiger partial charge in [0.1, 0.15) is 5.75 Å². The van der Waals surface area contributed by atoms with Gasteiger partial charge in [-0.3, -0.25) is 4.79 Å². The van der Waals surface area contributed by atoms with E-state index in [1.165, 1.54) is 6.07 Å². The number of nitrogens with two attached hydrogens (primary N) is 1. The van der Waals surface area contributed by atoms with Crippen molar-refractivity contribution in [1.82, 2.24) is 0 Å². The first-order valence-electron chi connectivity index (χ1n) is 5.64. The molecule has 0 saturated heterocycles. The zero-order chi connectivity index (χ0) is 14.3. The number of carbonyl (C=O) groups excluding carboxylic acids is 1. The van der Waals surface area contributed by atoms with E-state index in [-0.39, 0.29) is 5.69 Å². The molecule has 0 saturated carbocycles. The summed E-state index contributed by atoms with van der Waals surface area (Å²) < 4.78 is 43.1. The van der Waals surface area contributed by atoms with Crippen LogP contribution in [0, 0.1) is 0 Å². The largest absolute Gasteiger partial charge is 0.493 e. The zero-order valence-electron chi connectivity index (χ0n) is 10.2. The van der Waals surface area contributed by atoms with Crippen molar-refractivity contribution in [2.45, 2.75) is 25.1 Å². The van der Waals surface area contributed by atoms with Gasteiger partial charge < -0.3 is 15.8 Å². The number of amides is 1. The van der Waals surface area contributed by atoms with Gasteiger partial charge in [0.25, 0.3) is 5.91 Å². The van der Waals surface area contributed by atoms with E-state index in [1.54, 1.807) is 12.1 Å². The average molecular weight is 274 g/mol. The van der Waals surface area contributed by atoms with Gasteiger partial charge in [-0.15, -0.1) is 0 Å². The van der Waals surface area contributed by atoms with E-state index < -0.39 is 17.6 Å². The maximum Gasteiger partial charge on any atom is 0.415 e. The second kappa shape index (κ2) is 4.41. The predicted molar refractivity (Wildman–Crippen MR) is 62.9 cm³/mol. The van der Waals surface area contributed by atoms with Crippen LogP contribution < -0.4 is 15.8 Å². The van der Waals surface area contributed by atoms with Crippen LogP contribution in [-0.2, 0) is 11.2 Å². The maximum absolute atomic E-state index is 12.6. The average Bonchev–Trinajstić information content (AvgIpc) is 2.74. The first-order valence-corrected chi connectivity index (χ1v) is 5.64. The molecule has 0 aromatic heterocycles. The van der Waals surface area contributed by atoms with E-state index in [0.29, 0.717) is 25.7 Å². The minimum absolute atomic E-state index is 0.273. The van der Waals surface area contributed by atoms with Crippen LogP contribution in [0.3, 0.4) is 0 Å². The van der Waals surface area contributed by atoms with E-state index >= 15 is 0 Å². The SMILES string of the molecule is CC(N)(C(=O)Nc1ccc2c(c1)CCO2)C(F)(F)F. The van der Waals surface area contributed by atoms with Crippen LogP contribution in [0.5, 0.6) is 5.75 Å². The lowest BCUT2D eigenvalue weighted by atomic mass is 10.0. The Kier molecular flexibility index (Phi) is 3.17. The fourth-order valence-electron chi connectivity index (χ4n) is 1.65. The maximum atomic E-state index is 12.6. The standard InChI is InChI=1S/C12H13F3N2O2/c1-11(16,12(13,14)15)10(18)17-8-2-3-9-7(6-8)4-5-19-9/h2-3,6H,4-5,16H2,1H3,(H,17,18). The van der Waals surface area contributed by atoms with Gasteiger partial charge in [0.15, 0.2) is 5.54 Å². The van der Waals surface area contributed by atoms with Crippen molar-refractivity contribution in [3.05, 3.63) is 23.8 Å². The Hall–Kier alpha value is -1.76. The lowest BCUT2D eigenvalue weighted by molar-refractivity contribution is -0.184. The molecular weight excluding hydrogens is 261 g/mol. The number of carbonyl (C=O) groups is 1. The van der Waals surface area contributed by atoms with Crippen molar-refractivity contribution >= 4 is 11.6 Å². The lowest BCUT2D eigenvalue weighted by Crippen LogP contribution is -2.59. The highest BCUT2D eigenvalue weighted by molar-refractivity contribution is 5.98. The van der Waals surface area contributed by atoms with Gasteiger partial charge in [-0.05, 0) is 30.7 Å². The van der Waals surface area contributed by atoms with E-state index in [1.807, 2.05) is 0 Å². The number of benzene rings is 1. The summed E-state index contributed by atoms with van der Waals surface area (Å²) >= 11 is 0. The molecule has 1 aliphatic heterocycles. The highest BCUT2D eigenvalue weighted by atomic mass is 19.4. The van der Waals surface area contributed by atoms with Gasteiger partial charge >= 0.3 is 6.18 Å². The Balaban J connectivity index is 2.16. The number of anilines is 1. The molecule has 104 valence electrons. The molecule has 1 aliphatic rings. The zero-order valence-corrected chi connectivity index (χ0v) is 10.2. The molecule has 0 fully saturated rings. The third-order valence-electron chi connectivity index (χ3n) is 3.01. The first-order chi connectivity index (χ1) is 8.72. The molecule has 1 amide bonds. The number of alkyl halides is 3. The van der Waals surface area contributed by atoms with Gasteiger partial charge in [-0.25, -0.2) is 0 Å². The summed E-state index contributed by atoms with van der Waals surface area (Å²) in [6.07, 6.45) is -4.14. The smallest absolute Gasteiger partial charge is 0.415 e. The Bertz CT molecular complexity index is 512. The van der Waals surface area contributed by atoms with Crippen LogP contribution >= 0.6 is 0 Å². The number of rotatable bonds is 2. The second-order valence-corrected chi connectivity index (χ2v) is 4.58. The Morgan fingerprint density at radius 2 is 2.11 bits per heavy atom. The number of ether oxygens (including phenoxy) is 1. The van der Waals surface area contributed by atoms with Crippen molar-refractivity contribution in [3.8, 4) is 5.75 Å². The Morgan fingerprint density at radius 3 is 2.74 bits per heavy atom. The molecular formula is C12H13F3N2O2. The summed E-state index contributed by atoms with van der Waals surface area (Å²) in [7, 11) is 0. The quantitative estimate of drug-likeness (QED) is 0.865. The number of hydrogen-bond acceptors (Lipinski definition) is 3. The summed E-state index contributed by atoms with van der Waals surface area (Å²) in [5.41, 5.74) is 3.23. The monoisotopic (exact) mass is 274 g/mol. The van der Waals surface area contributed by atoms with Crippen LogP contribution in [0.4, 0.5) is 18.9 Å². The molecule has 1 heterocycles. The van der Waals surface area contributed by atoms with Gasteiger partial charge in [-0.2, -0.15) is 13.2 Å². The highest BCUT2D eigenvalue weighted by Crippen LogP contribution is 2.31. The van der Waals surface area contributed by atoms with Crippen molar-refractivity contribution in [2.24, 2.45) is 5.73 Å². The molecule has 1 aromatic carbocycles. The normalized spacial score (nSPS) is 17.3. The third kappa shape index (κ3) is 2.51. The minimum atomic E-state index is -4.81. The summed E-state index contributed by atoms with van der Waals surface area (Å²) in [5, 5.41) is 2.18. The lowest BCUT2D eigenvalue weighted by Gasteiger charge is -2.26. The molecule has 4 nitrogen and oxygen atoms in total. The number of fused-ring (bicyclic) bond motifs is 1. The highest BCUT2D eigenvalue weighted by Gasteiger charge is 2.53. The molecule has 0 spiro atoms. The predicted octanol–water partition coefficient (Wildman–Crippen LogP) is 1.84. The summed E-state index contributed by atoms with van der Waals surface area (Å²) in [4.78, 5) is 11.6. The number of halogens is 3. The van der Waals surface area contributed by atoms with Gasteiger partial charge in [0, 0.05) is 12.1 Å². The van der Waals surface area contributed by atoms with Crippen molar-refractivity contribution in [3.63, 3.8) is 0 Å². The first kappa shape index (κ1) is 13.7. The van der Waals surface area contributed by atoms with Crippen LogP contribution in [0.15, 0.2) is 18.2 Å². The molecule has 1 aromatic rings. The number of hydrogen-bond donors (Lipinski definition) is 2. The van der Waals surface area contributed by atoms with Crippen LogP contribution in [-0.4, -0.2) is 24.2 Å². The molecule has 1 unspecified atom stereocenters. The molecule has 2 rings (SSSR count). The number of nitrogens with one attached hydrogen (secondary N) is 1. The summed E-state index contributed by atoms with van der Waals surface area (Å²) in [6.45, 7) is 1.17. The molecule has 19 heavy (non-hydrogen) atoms. The molecule has 1 atom stereocenters. The molecule has 7 heteroatoms. The topological polar surface area (TPSA) is 64.4 Å². The van der Waals surface area contributed by atoms with E-state index in [0.717, 1.165) is 5.56 Å². The van der Waals surface area contributed by atoms with Gasteiger partial charge in [0.05, 0.1) is 6.61 Å². The fourth-order valence-corrected chi connectivity index (χ4v) is 1.65. The van der Waals surface area contributed by atoms with Crippen LogP contribution in [0.25, 0.3) is 0 Å². The van der Waals surface area contributed by atoms with Gasteiger partial charge in [-0.1, -0.05) is 0 Å². The van der Waals surface area contributed by atoms with Crippen molar-refractivity contribution in [1.29, 1.82) is 0 Å². The van der Waals surface area contributed by atoms with E-state index in [9.17, 15) is 18.0 Å². The molecule has 0 bridgehead atoms. The summed E-state index contributed by atoms with van der Waals surface area (Å²) in [6, 6.07) is 4.68. The minimum Gasteiger partial charge on any atom is -0.493 e. The second-order valence-electron chi connectivity index (χ2n) is 4.58. The van der Waals surface area contributed by atoms with E-state index in [2.05, 4.69) is 5.32 Å². The molecule has 0 aliphatic carbocycles. The van der Waals surface area contributed by atoms with Crippen LogP contribution in [0.1, 0.15) is 12.5 Å². The Morgan fingerprint density at radius 1 is 1.42 bits per heavy atom. The summed E-state index contributed by atoms with van der Waals surface area (Å²) in [5.74, 6) is -0.608. The van der Waals surface area contributed by atoms with E-state index in [4.69, 9.17) is 10.5 Å².